The molecule has 3 N–H and O–H groups in total. The van der Waals surface area contributed by atoms with Crippen LogP contribution in [0.2, 0.25) is 0 Å². The summed E-state index contributed by atoms with van der Waals surface area (Å²) >= 11 is 0. The Morgan fingerprint density at radius 2 is 1.56 bits per heavy atom. The van der Waals surface area contributed by atoms with Gasteiger partial charge in [-0.25, -0.2) is 9.18 Å². The van der Waals surface area contributed by atoms with Crippen LogP contribution in [0.4, 0.5) is 13.2 Å². The molecule has 1 aromatic rings. The molecule has 0 spiro atoms. The molecule has 4 nitrogen and oxygen atoms in total. The summed E-state index contributed by atoms with van der Waals surface area (Å²) in [4.78, 5) is 20.7. The smallest absolute Gasteiger partial charge is 0.379 e. The maximum atomic E-state index is 13.1. The van der Waals surface area contributed by atoms with Crippen LogP contribution in [0.5, 0.6) is 0 Å². The lowest BCUT2D eigenvalue weighted by molar-refractivity contribution is -0.163. The van der Waals surface area contributed by atoms with Crippen LogP contribution in [0, 0.1) is 5.82 Å². The first-order chi connectivity index (χ1) is 6.85. The van der Waals surface area contributed by atoms with E-state index in [1.807, 2.05) is 0 Å². The van der Waals surface area contributed by atoms with Crippen molar-refractivity contribution in [2.24, 2.45) is 0 Å². The number of carboxylic acids is 1. The Kier molecular flexibility index (Phi) is 4.19. The van der Waals surface area contributed by atoms with E-state index in [2.05, 4.69) is 0 Å². The minimum atomic E-state index is -4.14. The van der Waals surface area contributed by atoms with Crippen molar-refractivity contribution < 1.29 is 33.3 Å². The molecular weight excluding hydrogens is 229 g/mol. The molecule has 16 heavy (non-hydrogen) atoms. The number of alkyl halides is 2. The Balaban J connectivity index is 0.00000225. The summed E-state index contributed by atoms with van der Waals surface area (Å²) in [5.41, 5.74) is -0.851. The average molecular weight is 236 g/mol. The highest BCUT2D eigenvalue weighted by Gasteiger charge is 2.44. The van der Waals surface area contributed by atoms with Gasteiger partial charge in [-0.3, -0.25) is 4.79 Å². The van der Waals surface area contributed by atoms with Crippen LogP contribution in [0.25, 0.3) is 0 Å². The second-order valence-corrected chi connectivity index (χ2v) is 2.72. The molecule has 0 saturated heterocycles. The van der Waals surface area contributed by atoms with Crippen molar-refractivity contribution in [3.8, 4) is 0 Å². The Morgan fingerprint density at radius 1 is 1.12 bits per heavy atom. The van der Waals surface area contributed by atoms with E-state index >= 15 is 0 Å². The van der Waals surface area contributed by atoms with Crippen molar-refractivity contribution in [2.75, 3.05) is 0 Å². The third-order valence-electron chi connectivity index (χ3n) is 1.69. The van der Waals surface area contributed by atoms with Gasteiger partial charge in [0.05, 0.1) is 0 Å². The van der Waals surface area contributed by atoms with Crippen molar-refractivity contribution in [2.45, 2.75) is 5.92 Å². The molecule has 0 aliphatic carbocycles. The first-order valence-corrected chi connectivity index (χ1v) is 3.77. The largest absolute Gasteiger partial charge is 0.475 e. The van der Waals surface area contributed by atoms with Gasteiger partial charge in [-0.1, -0.05) is 0 Å². The molecule has 1 rings (SSSR count). The number of halogens is 3. The Hall–Kier alpha value is -1.89. The molecule has 7 heteroatoms. The summed E-state index contributed by atoms with van der Waals surface area (Å²) < 4.78 is 38.5. The fourth-order valence-corrected chi connectivity index (χ4v) is 0.925. The zero-order chi connectivity index (χ0) is 11.6. The van der Waals surface area contributed by atoms with E-state index in [0.29, 0.717) is 12.1 Å². The van der Waals surface area contributed by atoms with E-state index in [9.17, 15) is 22.8 Å². The van der Waals surface area contributed by atoms with Gasteiger partial charge in [0.25, 0.3) is 0 Å². The summed E-state index contributed by atoms with van der Waals surface area (Å²) in [6.45, 7) is 0. The molecule has 0 atom stereocenters. The first kappa shape index (κ1) is 14.1. The predicted octanol–water partition coefficient (Wildman–Crippen LogP) is 0.746. The number of benzene rings is 1. The van der Waals surface area contributed by atoms with Gasteiger partial charge in [-0.2, -0.15) is 8.78 Å². The number of ketones is 1. The second kappa shape index (κ2) is 4.75. The molecule has 0 radical (unpaired) electrons. The number of aliphatic carboxylic acids is 1. The molecule has 0 unspecified atom stereocenters. The van der Waals surface area contributed by atoms with Crippen LogP contribution in [-0.2, 0) is 15.5 Å². The molecule has 0 aromatic heterocycles. The maximum absolute atomic E-state index is 13.1. The highest BCUT2D eigenvalue weighted by atomic mass is 19.3. The van der Waals surface area contributed by atoms with E-state index < -0.39 is 29.1 Å². The minimum absolute atomic E-state index is 0. The van der Waals surface area contributed by atoms with Crippen LogP contribution in [-0.4, -0.2) is 22.3 Å². The van der Waals surface area contributed by atoms with Crippen LogP contribution in [0.3, 0.4) is 0 Å². The molecule has 0 aliphatic rings. The number of Topliss-reactive ketones (excluding diaryl/α,β-unsaturated/α-hetero) is 1. The van der Waals surface area contributed by atoms with Gasteiger partial charge in [0.1, 0.15) is 5.82 Å². The van der Waals surface area contributed by atoms with E-state index in [1.54, 1.807) is 0 Å². The fourth-order valence-electron chi connectivity index (χ4n) is 0.925. The molecule has 88 valence electrons. The topological polar surface area (TPSA) is 85.9 Å². The van der Waals surface area contributed by atoms with Crippen molar-refractivity contribution in [1.29, 1.82) is 0 Å². The quantitative estimate of drug-likeness (QED) is 0.785. The van der Waals surface area contributed by atoms with Gasteiger partial charge < -0.3 is 10.6 Å². The number of carboxylic acid groups (broad SMARTS) is 1. The fraction of sp³-hybridized carbons (Fsp3) is 0.111. The molecular formula is C9H7F3O4. The zero-order valence-electron chi connectivity index (χ0n) is 7.71. The summed E-state index contributed by atoms with van der Waals surface area (Å²) in [5, 5.41) is 8.13. The van der Waals surface area contributed by atoms with Gasteiger partial charge >= 0.3 is 17.7 Å². The normalized spacial score (nSPS) is 10.4. The van der Waals surface area contributed by atoms with Crippen LogP contribution in [0.15, 0.2) is 24.3 Å². The Labute approximate surface area is 87.6 Å². The maximum Gasteiger partial charge on any atom is 0.379 e. The highest BCUT2D eigenvalue weighted by Crippen LogP contribution is 2.29. The molecule has 0 saturated carbocycles. The first-order valence-electron chi connectivity index (χ1n) is 3.77. The monoisotopic (exact) mass is 236 g/mol. The molecule has 1 aromatic carbocycles. The van der Waals surface area contributed by atoms with Gasteiger partial charge in [-0.05, 0) is 24.3 Å². The van der Waals surface area contributed by atoms with Crippen LogP contribution < -0.4 is 0 Å². The molecule has 0 amide bonds. The predicted molar refractivity (Wildman–Crippen MR) is 46.6 cm³/mol. The minimum Gasteiger partial charge on any atom is -0.475 e. The van der Waals surface area contributed by atoms with E-state index in [0.717, 1.165) is 12.1 Å². The lowest BCUT2D eigenvalue weighted by Gasteiger charge is -2.12. The number of hydrogen-bond acceptors (Lipinski definition) is 2. The van der Waals surface area contributed by atoms with Gasteiger partial charge in [0.2, 0.25) is 0 Å². The summed E-state index contributed by atoms with van der Waals surface area (Å²) in [6, 6.07) is 2.77. The van der Waals surface area contributed by atoms with Gasteiger partial charge in [-0.15, -0.1) is 0 Å². The lowest BCUT2D eigenvalue weighted by atomic mass is 10.0. The second-order valence-electron chi connectivity index (χ2n) is 2.72. The summed E-state index contributed by atoms with van der Waals surface area (Å²) in [6.07, 6.45) is 0. The van der Waals surface area contributed by atoms with Gasteiger partial charge in [0.15, 0.2) is 0 Å². The Bertz CT molecular complexity index is 400. The standard InChI is InChI=1S/C9H5F3O3.H2O/c10-6-3-1-5(2-4-6)9(11,12)7(13)8(14)15;/h1-4H,(H,14,15);1H2. The number of carbonyl (C=O) groups is 2. The highest BCUT2D eigenvalue weighted by molar-refractivity contribution is 6.35. The van der Waals surface area contributed by atoms with Crippen molar-refractivity contribution in [1.82, 2.24) is 0 Å². The summed E-state index contributed by atoms with van der Waals surface area (Å²) in [5.74, 6) is -9.37. The molecule has 0 fully saturated rings. The third-order valence-corrected chi connectivity index (χ3v) is 1.69. The molecule has 0 aliphatic heterocycles. The lowest BCUT2D eigenvalue weighted by Crippen LogP contribution is -2.32. The Morgan fingerprint density at radius 3 is 1.94 bits per heavy atom. The summed E-state index contributed by atoms with van der Waals surface area (Å²) in [7, 11) is 0. The van der Waals surface area contributed by atoms with E-state index in [4.69, 9.17) is 5.11 Å². The number of hydrogen-bond donors (Lipinski definition) is 1. The zero-order valence-corrected chi connectivity index (χ0v) is 7.71. The van der Waals surface area contributed by atoms with Crippen molar-refractivity contribution in [3.05, 3.63) is 35.6 Å². The van der Waals surface area contributed by atoms with Crippen molar-refractivity contribution >= 4 is 11.8 Å². The van der Waals surface area contributed by atoms with E-state index in [-0.39, 0.29) is 5.48 Å². The third kappa shape index (κ3) is 2.57. The molecule has 0 heterocycles. The number of rotatable bonds is 3. The van der Waals surface area contributed by atoms with E-state index in [1.165, 1.54) is 0 Å². The SMILES string of the molecule is O.O=C(O)C(=O)C(F)(F)c1ccc(F)cc1. The van der Waals surface area contributed by atoms with Crippen LogP contribution >= 0.6 is 0 Å². The average Bonchev–Trinajstić information content (AvgIpc) is 2.17. The molecule has 0 bridgehead atoms. The van der Waals surface area contributed by atoms with Crippen LogP contribution in [0.1, 0.15) is 5.56 Å². The number of carbonyl (C=O) groups excluding carboxylic acids is 1. The van der Waals surface area contributed by atoms with Crippen molar-refractivity contribution in [3.63, 3.8) is 0 Å². The van der Waals surface area contributed by atoms with Gasteiger partial charge in [0, 0.05) is 5.56 Å².